The monoisotopic (exact) mass is 412 g/mol. The number of hydrogen-bond acceptors (Lipinski definition) is 0. The van der Waals surface area contributed by atoms with Crippen molar-refractivity contribution in [3.63, 3.8) is 0 Å². The van der Waals surface area contributed by atoms with Crippen LogP contribution in [0.4, 0.5) is 0 Å². The van der Waals surface area contributed by atoms with Crippen LogP contribution in [0.3, 0.4) is 0 Å². The highest BCUT2D eigenvalue weighted by atomic mass is 15.4. The van der Waals surface area contributed by atoms with E-state index >= 15 is 0 Å². The second-order valence-electron chi connectivity index (χ2n) is 19.3. The molecule has 32 heavy (non-hydrogen) atoms. The van der Waals surface area contributed by atoms with Crippen LogP contribution in [-0.4, -0.2) is 0 Å². The Morgan fingerprint density at radius 2 is 0.844 bits per heavy atom. The van der Waals surface area contributed by atoms with Crippen molar-refractivity contribution in [2.24, 2.45) is 162 Å². The zero-order chi connectivity index (χ0) is 18.4. The first kappa shape index (κ1) is 12.3. The van der Waals surface area contributed by atoms with E-state index in [0.717, 1.165) is 43.3 Å². The van der Waals surface area contributed by atoms with E-state index in [2.05, 4.69) is 0 Å². The molecule has 49 aliphatic carbocycles. The van der Waals surface area contributed by atoms with E-state index in [0.29, 0.717) is 0 Å². The molecule has 28 bridgehead atoms. The van der Waals surface area contributed by atoms with Gasteiger partial charge in [-0.25, -0.2) is 0 Å². The lowest BCUT2D eigenvalue weighted by Gasteiger charge is -3.35. The average molecular weight is 413 g/mol. The molecule has 49 rings (SSSR count). The molecule has 0 radical (unpaired) electrons. The van der Waals surface area contributed by atoms with Gasteiger partial charge in [0.15, 0.2) is 0 Å². The second kappa shape index (κ2) is 2.22. The molecule has 0 aromatic heterocycles. The van der Waals surface area contributed by atoms with Crippen LogP contribution in [0.5, 0.6) is 0 Å². The lowest BCUT2D eigenvalue weighted by Crippen LogP contribution is -3.33. The summed E-state index contributed by atoms with van der Waals surface area (Å²) in [7, 11) is 0. The van der Waals surface area contributed by atoms with E-state index in [9.17, 15) is 0 Å². The summed E-state index contributed by atoms with van der Waals surface area (Å²) in [5.41, 5.74) is 8.37. The maximum Gasteiger partial charge on any atom is -0.00314 e. The summed E-state index contributed by atoms with van der Waals surface area (Å²) >= 11 is 0. The van der Waals surface area contributed by atoms with E-state index in [-0.39, 0.29) is 0 Å². The highest BCUT2D eigenvalue weighted by Crippen LogP contribution is 3.36. The smallest absolute Gasteiger partial charge is 0.00314 e. The topological polar surface area (TPSA) is 0 Å². The van der Waals surface area contributed by atoms with Crippen molar-refractivity contribution in [3.8, 4) is 0 Å². The number of rotatable bonds is 0. The predicted octanol–water partition coefficient (Wildman–Crippen LogP) is 4.02. The molecule has 49 saturated carbocycles. The summed E-state index contributed by atoms with van der Waals surface area (Å²) in [6.07, 6.45) is 7.32. The molecular weight excluding hydrogens is 384 g/mol. The Balaban J connectivity index is 1.30. The van der Waals surface area contributed by atoms with Crippen molar-refractivity contribution >= 4 is 0 Å². The van der Waals surface area contributed by atoms with Crippen molar-refractivity contribution in [2.75, 3.05) is 0 Å². The standard InChI is InChI=1S/C32H28/c1-5-13-7-3-11-15-9-2-10-16-12-4-8-14-6(1)20-22-18(8)26(16)23(9)31-24(10)25(15)17(7)21-19(5)30(14,28(12,22)31)32(25,26)29(13,20)27(11,21)31/h5-24H,1-4H2. The van der Waals surface area contributed by atoms with Gasteiger partial charge in [-0.1, -0.05) is 0 Å². The Hall–Kier alpha value is 0. The largest absolute Gasteiger partial charge is 0.0464 e. The highest BCUT2D eigenvalue weighted by Gasteiger charge is 3.34. The molecule has 0 heterocycles. The minimum atomic E-state index is 1.04. The predicted molar refractivity (Wildman–Crippen MR) is 108 cm³/mol. The van der Waals surface area contributed by atoms with Crippen LogP contribution in [0.1, 0.15) is 25.7 Å². The van der Waals surface area contributed by atoms with Crippen molar-refractivity contribution in [1.82, 2.24) is 0 Å². The molecule has 156 valence electrons. The Bertz CT molecular complexity index is 1410. The fraction of sp³-hybridized carbons (Fsp3) is 1.00. The van der Waals surface area contributed by atoms with E-state index in [1.165, 1.54) is 118 Å². The molecule has 0 aromatic rings. The second-order valence-corrected chi connectivity index (χ2v) is 19.3. The van der Waals surface area contributed by atoms with Gasteiger partial charge in [-0.2, -0.15) is 0 Å². The van der Waals surface area contributed by atoms with Crippen LogP contribution in [0.25, 0.3) is 0 Å². The molecule has 49 aliphatic rings. The average Bonchev–Trinajstić information content (AvgIpc) is 2.80. The molecule has 0 nitrogen and oxygen atoms in total. The summed E-state index contributed by atoms with van der Waals surface area (Å²) < 4.78 is 0. The molecular formula is C32H28. The molecule has 0 N–H and O–H groups in total. The molecule has 0 saturated heterocycles. The first-order chi connectivity index (χ1) is 15.9. The summed E-state index contributed by atoms with van der Waals surface area (Å²) in [6.45, 7) is 0. The van der Waals surface area contributed by atoms with Gasteiger partial charge in [0.1, 0.15) is 0 Å². The van der Waals surface area contributed by atoms with Gasteiger partial charge in [0.25, 0.3) is 0 Å². The van der Waals surface area contributed by atoms with Crippen LogP contribution in [0.2, 0.25) is 0 Å². The van der Waals surface area contributed by atoms with Crippen molar-refractivity contribution < 1.29 is 0 Å². The molecule has 0 amide bonds. The van der Waals surface area contributed by atoms with E-state index in [1.807, 2.05) is 25.7 Å². The quantitative estimate of drug-likeness (QED) is 0.564. The van der Waals surface area contributed by atoms with Crippen LogP contribution in [0, 0.1) is 162 Å². The number of hydrogen-bond donors (Lipinski definition) is 0. The van der Waals surface area contributed by atoms with Gasteiger partial charge in [-0.3, -0.25) is 0 Å². The minimum absolute atomic E-state index is 1.04. The Morgan fingerprint density at radius 3 is 1.41 bits per heavy atom. The third-order valence-corrected chi connectivity index (χ3v) is 23.8. The zero-order valence-corrected chi connectivity index (χ0v) is 18.4. The van der Waals surface area contributed by atoms with Gasteiger partial charge in [0.05, 0.1) is 0 Å². The van der Waals surface area contributed by atoms with Crippen LogP contribution >= 0.6 is 0 Å². The SMILES string of the molecule is C1C2C3C4CC5C6C7C8C9CC%10C%11C%12CC%13C%14C1C1C36C36C%14%15C%12C%12C%10C3(C59)C47C1(C2%15)C%13%12C%1186. The first-order valence-electron chi connectivity index (χ1n) is 15.9. The minimum Gasteiger partial charge on any atom is -0.0464 e. The summed E-state index contributed by atoms with van der Waals surface area (Å²) in [4.78, 5) is 0. The molecule has 26 unspecified atom stereocenters. The van der Waals surface area contributed by atoms with Crippen molar-refractivity contribution in [3.05, 3.63) is 0 Å². The normalized spacial score (nSPS) is 118. The Kier molecular flexibility index (Phi) is 0.855. The fourth-order valence-corrected chi connectivity index (χ4v) is 29.9. The maximum absolute atomic E-state index is 1.84. The fourth-order valence-electron chi connectivity index (χ4n) is 29.9. The summed E-state index contributed by atoms with van der Waals surface area (Å²) in [5, 5.41) is 0. The maximum atomic E-state index is 1.84. The first-order valence-corrected chi connectivity index (χ1v) is 15.9. The van der Waals surface area contributed by atoms with Gasteiger partial charge in [0, 0.05) is 0 Å². The molecule has 0 heteroatoms. The summed E-state index contributed by atoms with van der Waals surface area (Å²) in [6, 6.07) is 0. The van der Waals surface area contributed by atoms with Crippen molar-refractivity contribution in [2.45, 2.75) is 25.7 Å². The van der Waals surface area contributed by atoms with Gasteiger partial charge >= 0.3 is 0 Å². The van der Waals surface area contributed by atoms with E-state index < -0.39 is 0 Å². The van der Waals surface area contributed by atoms with Crippen LogP contribution in [0.15, 0.2) is 0 Å². The van der Waals surface area contributed by atoms with Gasteiger partial charge in [0.2, 0.25) is 0 Å². The third-order valence-electron chi connectivity index (χ3n) is 23.8. The van der Waals surface area contributed by atoms with E-state index in [4.69, 9.17) is 0 Å². The van der Waals surface area contributed by atoms with Crippen molar-refractivity contribution in [1.29, 1.82) is 0 Å². The van der Waals surface area contributed by atoms with Crippen LogP contribution < -0.4 is 0 Å². The molecule has 49 fully saturated rings. The lowest BCUT2D eigenvalue weighted by atomic mass is 8.68. The molecule has 26 atom stereocenters. The van der Waals surface area contributed by atoms with Gasteiger partial charge in [-0.05, 0) is 187 Å². The molecule has 0 aromatic carbocycles. The third kappa shape index (κ3) is 0.385. The lowest BCUT2D eigenvalue weighted by molar-refractivity contribution is -0.895. The zero-order valence-electron chi connectivity index (χ0n) is 18.4. The Labute approximate surface area is 187 Å². The molecule has 8 spiro atoms. The highest BCUT2D eigenvalue weighted by molar-refractivity contribution is 5.79. The molecule has 0 aliphatic heterocycles. The van der Waals surface area contributed by atoms with Gasteiger partial charge in [-0.15, -0.1) is 0 Å². The Morgan fingerprint density at radius 1 is 0.344 bits per heavy atom. The van der Waals surface area contributed by atoms with Gasteiger partial charge < -0.3 is 0 Å². The summed E-state index contributed by atoms with van der Waals surface area (Å²) in [5.74, 6) is 27.0. The van der Waals surface area contributed by atoms with Crippen LogP contribution in [-0.2, 0) is 0 Å². The van der Waals surface area contributed by atoms with E-state index in [1.54, 1.807) is 0 Å².